The van der Waals surface area contributed by atoms with Crippen molar-refractivity contribution < 1.29 is 4.74 Å². The number of halogens is 1. The van der Waals surface area contributed by atoms with Gasteiger partial charge in [0.15, 0.2) is 5.13 Å². The van der Waals surface area contributed by atoms with E-state index in [2.05, 4.69) is 59.2 Å². The predicted octanol–water partition coefficient (Wildman–Crippen LogP) is 4.49. The number of benzene rings is 1. The lowest BCUT2D eigenvalue weighted by Crippen LogP contribution is -2.39. The molecule has 3 aromatic heterocycles. The van der Waals surface area contributed by atoms with Gasteiger partial charge in [-0.1, -0.05) is 27.3 Å². The standard InChI is InChI=1S/C23H26BrN7OS/c1-16-25-5-7-31(16)15-17-12-21(26-4-6-30-8-10-32-11-9-30)28-22(13-17)29-23-27-19-3-2-18(24)14-20(19)33-23/h2-3,5,7,12-14H,4,6,8-11,15H2,1H3,(H2,26,27,28,29). The van der Waals surface area contributed by atoms with Crippen molar-refractivity contribution in [3.63, 3.8) is 0 Å². The minimum Gasteiger partial charge on any atom is -0.379 e. The highest BCUT2D eigenvalue weighted by Crippen LogP contribution is 2.30. The molecule has 1 fully saturated rings. The molecule has 0 amide bonds. The number of rotatable bonds is 8. The average Bonchev–Trinajstić information content (AvgIpc) is 3.39. The zero-order chi connectivity index (χ0) is 22.6. The van der Waals surface area contributed by atoms with Crippen LogP contribution in [0.2, 0.25) is 0 Å². The number of aromatic nitrogens is 4. The summed E-state index contributed by atoms with van der Waals surface area (Å²) in [5.74, 6) is 2.61. The summed E-state index contributed by atoms with van der Waals surface area (Å²) in [4.78, 5) is 16.3. The molecule has 0 atom stereocenters. The Morgan fingerprint density at radius 3 is 2.79 bits per heavy atom. The molecule has 4 aromatic rings. The zero-order valence-corrected chi connectivity index (χ0v) is 20.8. The van der Waals surface area contributed by atoms with Gasteiger partial charge >= 0.3 is 0 Å². The fourth-order valence-electron chi connectivity index (χ4n) is 3.83. The lowest BCUT2D eigenvalue weighted by molar-refractivity contribution is 0.0398. The Labute approximate surface area is 205 Å². The fraction of sp³-hybridized carbons (Fsp3) is 0.348. The van der Waals surface area contributed by atoms with Gasteiger partial charge in [0.25, 0.3) is 0 Å². The Kier molecular flexibility index (Phi) is 6.86. The largest absolute Gasteiger partial charge is 0.379 e. The second-order valence-electron chi connectivity index (χ2n) is 7.99. The number of morpholine rings is 1. The molecule has 0 unspecified atom stereocenters. The highest BCUT2D eigenvalue weighted by atomic mass is 79.9. The van der Waals surface area contributed by atoms with E-state index in [0.717, 1.165) is 88.8 Å². The molecule has 0 spiro atoms. The van der Waals surface area contributed by atoms with E-state index in [1.165, 1.54) is 0 Å². The summed E-state index contributed by atoms with van der Waals surface area (Å²) in [7, 11) is 0. The highest BCUT2D eigenvalue weighted by Gasteiger charge is 2.11. The summed E-state index contributed by atoms with van der Waals surface area (Å²) < 4.78 is 9.75. The minimum atomic E-state index is 0.730. The van der Waals surface area contributed by atoms with Crippen LogP contribution in [-0.4, -0.2) is 63.8 Å². The molecule has 1 aliphatic heterocycles. The van der Waals surface area contributed by atoms with E-state index in [1.807, 2.05) is 31.5 Å². The van der Waals surface area contributed by atoms with Gasteiger partial charge in [0.2, 0.25) is 0 Å². The number of hydrogen-bond acceptors (Lipinski definition) is 8. The number of nitrogens with zero attached hydrogens (tertiary/aromatic N) is 5. The van der Waals surface area contributed by atoms with Gasteiger partial charge in [0.05, 0.1) is 23.4 Å². The maximum Gasteiger partial charge on any atom is 0.189 e. The van der Waals surface area contributed by atoms with Crippen LogP contribution in [0.25, 0.3) is 10.2 Å². The maximum absolute atomic E-state index is 5.44. The van der Waals surface area contributed by atoms with Crippen molar-refractivity contribution in [1.29, 1.82) is 0 Å². The summed E-state index contributed by atoms with van der Waals surface area (Å²) in [5, 5.41) is 7.75. The molecule has 2 N–H and O–H groups in total. The Hall–Kier alpha value is -2.53. The molecule has 8 nitrogen and oxygen atoms in total. The van der Waals surface area contributed by atoms with E-state index >= 15 is 0 Å². The van der Waals surface area contributed by atoms with Crippen molar-refractivity contribution in [1.82, 2.24) is 24.4 Å². The number of nitrogens with one attached hydrogen (secondary N) is 2. The first kappa shape index (κ1) is 22.3. The Balaban J connectivity index is 1.35. The molecular weight excluding hydrogens is 502 g/mol. The second-order valence-corrected chi connectivity index (χ2v) is 9.93. The van der Waals surface area contributed by atoms with Crippen molar-refractivity contribution in [2.45, 2.75) is 13.5 Å². The van der Waals surface area contributed by atoms with Crippen LogP contribution in [0.5, 0.6) is 0 Å². The first-order valence-corrected chi connectivity index (χ1v) is 12.6. The van der Waals surface area contributed by atoms with Gasteiger partial charge in [-0.3, -0.25) is 4.90 Å². The van der Waals surface area contributed by atoms with E-state index in [9.17, 15) is 0 Å². The Bertz CT molecular complexity index is 1230. The summed E-state index contributed by atoms with van der Waals surface area (Å²) in [6.07, 6.45) is 3.83. The molecule has 1 aromatic carbocycles. The van der Waals surface area contributed by atoms with Crippen molar-refractivity contribution in [3.05, 3.63) is 58.6 Å². The van der Waals surface area contributed by atoms with Gasteiger partial charge in [-0.25, -0.2) is 15.0 Å². The third kappa shape index (κ3) is 5.70. The third-order valence-electron chi connectivity index (χ3n) is 5.59. The van der Waals surface area contributed by atoms with Crippen LogP contribution < -0.4 is 10.6 Å². The topological polar surface area (TPSA) is 80.1 Å². The van der Waals surface area contributed by atoms with Crippen molar-refractivity contribution in [3.8, 4) is 0 Å². The normalized spacial score (nSPS) is 14.6. The number of imidazole rings is 1. The van der Waals surface area contributed by atoms with E-state index < -0.39 is 0 Å². The summed E-state index contributed by atoms with van der Waals surface area (Å²) >= 11 is 5.15. The van der Waals surface area contributed by atoms with Crippen molar-refractivity contribution in [2.75, 3.05) is 50.0 Å². The predicted molar refractivity (Wildman–Crippen MR) is 137 cm³/mol. The van der Waals surface area contributed by atoms with Crippen LogP contribution in [0.15, 0.2) is 47.2 Å². The van der Waals surface area contributed by atoms with Gasteiger partial charge in [-0.05, 0) is 42.8 Å². The monoisotopic (exact) mass is 527 g/mol. The third-order valence-corrected chi connectivity index (χ3v) is 7.01. The maximum atomic E-state index is 5.44. The fourth-order valence-corrected chi connectivity index (χ4v) is 5.25. The van der Waals surface area contributed by atoms with E-state index in [1.54, 1.807) is 11.3 Å². The molecule has 33 heavy (non-hydrogen) atoms. The first-order valence-electron chi connectivity index (χ1n) is 11.0. The number of ether oxygens (including phenoxy) is 1. The number of thiazole rings is 1. The second kappa shape index (κ2) is 10.2. The minimum absolute atomic E-state index is 0.730. The first-order chi connectivity index (χ1) is 16.1. The van der Waals surface area contributed by atoms with Gasteiger partial charge in [-0.2, -0.15) is 0 Å². The van der Waals surface area contributed by atoms with Gasteiger partial charge in [0, 0.05) is 49.6 Å². The van der Waals surface area contributed by atoms with Crippen molar-refractivity contribution in [2.24, 2.45) is 0 Å². The zero-order valence-electron chi connectivity index (χ0n) is 18.4. The summed E-state index contributed by atoms with van der Waals surface area (Å²) in [6, 6.07) is 10.3. The quantitative estimate of drug-likeness (QED) is 0.349. The smallest absolute Gasteiger partial charge is 0.189 e. The van der Waals surface area contributed by atoms with Crippen LogP contribution in [-0.2, 0) is 11.3 Å². The summed E-state index contributed by atoms with van der Waals surface area (Å²) in [5.41, 5.74) is 2.12. The highest BCUT2D eigenvalue weighted by molar-refractivity contribution is 9.10. The molecule has 1 aliphatic rings. The lowest BCUT2D eigenvalue weighted by Gasteiger charge is -2.26. The molecule has 0 radical (unpaired) electrons. The average molecular weight is 528 g/mol. The van der Waals surface area contributed by atoms with Gasteiger partial charge < -0.3 is 19.9 Å². The lowest BCUT2D eigenvalue weighted by atomic mass is 10.2. The molecule has 10 heteroatoms. The molecule has 0 saturated carbocycles. The van der Waals surface area contributed by atoms with Crippen LogP contribution in [0, 0.1) is 6.92 Å². The van der Waals surface area contributed by atoms with Crippen LogP contribution in [0.3, 0.4) is 0 Å². The van der Waals surface area contributed by atoms with Crippen LogP contribution >= 0.6 is 27.3 Å². The number of hydrogen-bond donors (Lipinski definition) is 2. The molecule has 5 rings (SSSR count). The van der Waals surface area contributed by atoms with Crippen LogP contribution in [0.1, 0.15) is 11.4 Å². The van der Waals surface area contributed by atoms with E-state index in [-0.39, 0.29) is 0 Å². The molecular formula is C23H26BrN7OS. The SMILES string of the molecule is Cc1nccn1Cc1cc(NCCN2CCOCC2)nc(Nc2nc3ccc(Br)cc3s2)c1. The number of aryl methyl sites for hydroxylation is 1. The van der Waals surface area contributed by atoms with E-state index in [0.29, 0.717) is 0 Å². The number of pyridine rings is 1. The van der Waals surface area contributed by atoms with Crippen LogP contribution in [0.4, 0.5) is 16.8 Å². The number of anilines is 3. The molecule has 0 aliphatic carbocycles. The van der Waals surface area contributed by atoms with Crippen molar-refractivity contribution >= 4 is 54.3 Å². The van der Waals surface area contributed by atoms with E-state index in [4.69, 9.17) is 14.7 Å². The molecule has 172 valence electrons. The summed E-state index contributed by atoms with van der Waals surface area (Å²) in [6.45, 7) is 8.12. The Morgan fingerprint density at radius 2 is 1.97 bits per heavy atom. The molecule has 0 bridgehead atoms. The van der Waals surface area contributed by atoms with Gasteiger partial charge in [0.1, 0.15) is 17.5 Å². The molecule has 4 heterocycles. The number of fused-ring (bicyclic) bond motifs is 1. The van der Waals surface area contributed by atoms with Gasteiger partial charge in [-0.15, -0.1) is 0 Å². The Morgan fingerprint density at radius 1 is 1.12 bits per heavy atom. The molecule has 1 saturated heterocycles.